The molecule has 0 spiro atoms. The van der Waals surface area contributed by atoms with Gasteiger partial charge in [-0.2, -0.15) is 0 Å². The van der Waals surface area contributed by atoms with E-state index in [0.717, 1.165) is 30.6 Å². The van der Waals surface area contributed by atoms with Gasteiger partial charge in [0.05, 0.1) is 11.9 Å². The maximum absolute atomic E-state index is 13.0. The highest BCUT2D eigenvalue weighted by Gasteiger charge is 2.24. The van der Waals surface area contributed by atoms with Crippen LogP contribution in [-0.4, -0.2) is 61.3 Å². The SMILES string of the molecule is CN1CCCC1CNC(=O)c1nc(-c2ccc3ncc(Cl)n3c2)c(-c2ccc[nH]2)nc1N. The van der Waals surface area contributed by atoms with Crippen molar-refractivity contribution in [2.75, 3.05) is 25.9 Å². The Morgan fingerprint density at radius 3 is 2.94 bits per heavy atom. The fraction of sp³-hybridized carbons (Fsp3) is 0.273. The van der Waals surface area contributed by atoms with Gasteiger partial charge in [0, 0.05) is 30.5 Å². The molecule has 0 saturated carbocycles. The van der Waals surface area contributed by atoms with Crippen molar-refractivity contribution in [1.82, 2.24) is 34.6 Å². The van der Waals surface area contributed by atoms with Crippen LogP contribution in [0.25, 0.3) is 28.3 Å². The Hall–Kier alpha value is -3.43. The number of imidazole rings is 1. The number of halogens is 1. The molecule has 0 aliphatic carbocycles. The first-order valence-corrected chi connectivity index (χ1v) is 10.8. The van der Waals surface area contributed by atoms with Crippen LogP contribution >= 0.6 is 11.6 Å². The fourth-order valence-corrected chi connectivity index (χ4v) is 4.29. The summed E-state index contributed by atoms with van der Waals surface area (Å²) in [6.45, 7) is 1.58. The molecule has 1 unspecified atom stereocenters. The summed E-state index contributed by atoms with van der Waals surface area (Å²) in [7, 11) is 2.07. The number of aromatic nitrogens is 5. The predicted octanol–water partition coefficient (Wildman–Crippen LogP) is 2.85. The van der Waals surface area contributed by atoms with Gasteiger partial charge in [0.25, 0.3) is 5.91 Å². The number of nitrogens with one attached hydrogen (secondary N) is 2. The zero-order valence-corrected chi connectivity index (χ0v) is 18.3. The molecular weight excluding hydrogens is 428 g/mol. The molecule has 1 saturated heterocycles. The molecule has 5 rings (SSSR count). The highest BCUT2D eigenvalue weighted by molar-refractivity contribution is 6.29. The summed E-state index contributed by atoms with van der Waals surface area (Å²) in [4.78, 5) is 31.8. The Kier molecular flexibility index (Phi) is 5.28. The van der Waals surface area contributed by atoms with E-state index in [-0.39, 0.29) is 17.4 Å². The van der Waals surface area contributed by atoms with E-state index in [9.17, 15) is 4.79 Å². The molecule has 0 bridgehead atoms. The Morgan fingerprint density at radius 2 is 2.19 bits per heavy atom. The van der Waals surface area contributed by atoms with E-state index in [1.54, 1.807) is 16.8 Å². The molecule has 1 aliphatic heterocycles. The molecule has 10 heteroatoms. The summed E-state index contributed by atoms with van der Waals surface area (Å²) in [5.41, 5.74) is 9.56. The molecule has 1 amide bonds. The Labute approximate surface area is 189 Å². The number of H-pyrrole nitrogens is 1. The molecule has 5 heterocycles. The average molecular weight is 451 g/mol. The van der Waals surface area contributed by atoms with Crippen molar-refractivity contribution in [1.29, 1.82) is 0 Å². The van der Waals surface area contributed by atoms with Crippen molar-refractivity contribution in [3.05, 3.63) is 53.7 Å². The lowest BCUT2D eigenvalue weighted by molar-refractivity contribution is 0.0939. The predicted molar refractivity (Wildman–Crippen MR) is 123 cm³/mol. The Morgan fingerprint density at radius 1 is 1.31 bits per heavy atom. The van der Waals surface area contributed by atoms with Crippen LogP contribution in [0.3, 0.4) is 0 Å². The van der Waals surface area contributed by atoms with Gasteiger partial charge in [0.1, 0.15) is 22.2 Å². The van der Waals surface area contributed by atoms with Crippen LogP contribution < -0.4 is 11.1 Å². The molecule has 32 heavy (non-hydrogen) atoms. The quantitative estimate of drug-likeness (QED) is 0.430. The summed E-state index contributed by atoms with van der Waals surface area (Å²) < 4.78 is 1.75. The van der Waals surface area contributed by atoms with Crippen molar-refractivity contribution in [3.63, 3.8) is 0 Å². The van der Waals surface area contributed by atoms with Crippen LogP contribution in [0, 0.1) is 0 Å². The van der Waals surface area contributed by atoms with Gasteiger partial charge >= 0.3 is 0 Å². The largest absolute Gasteiger partial charge is 0.382 e. The molecule has 4 aromatic rings. The maximum Gasteiger partial charge on any atom is 0.273 e. The number of amides is 1. The van der Waals surface area contributed by atoms with Crippen LogP contribution in [0.4, 0.5) is 5.82 Å². The molecule has 1 atom stereocenters. The topological polar surface area (TPSA) is 117 Å². The fourth-order valence-electron chi connectivity index (χ4n) is 4.10. The van der Waals surface area contributed by atoms with E-state index in [2.05, 4.69) is 37.2 Å². The number of fused-ring (bicyclic) bond motifs is 1. The minimum absolute atomic E-state index is 0.0809. The van der Waals surface area contributed by atoms with E-state index >= 15 is 0 Å². The molecule has 4 aromatic heterocycles. The minimum atomic E-state index is -0.337. The maximum atomic E-state index is 13.0. The van der Waals surface area contributed by atoms with Crippen molar-refractivity contribution in [2.45, 2.75) is 18.9 Å². The van der Waals surface area contributed by atoms with Crippen LogP contribution in [0.15, 0.2) is 42.9 Å². The second-order valence-electron chi connectivity index (χ2n) is 7.95. The molecule has 0 aromatic carbocycles. The normalized spacial score (nSPS) is 16.6. The highest BCUT2D eigenvalue weighted by atomic mass is 35.5. The van der Waals surface area contributed by atoms with Crippen molar-refractivity contribution in [3.8, 4) is 22.6 Å². The third kappa shape index (κ3) is 3.69. The lowest BCUT2D eigenvalue weighted by Crippen LogP contribution is -2.38. The average Bonchev–Trinajstić information content (AvgIpc) is 3.54. The highest BCUT2D eigenvalue weighted by Crippen LogP contribution is 2.31. The summed E-state index contributed by atoms with van der Waals surface area (Å²) >= 11 is 6.26. The zero-order chi connectivity index (χ0) is 22.2. The molecule has 0 radical (unpaired) electrons. The number of likely N-dealkylation sites (tertiary alicyclic amines) is 1. The molecule has 164 valence electrons. The molecular formula is C22H23ClN8O. The number of rotatable bonds is 5. The van der Waals surface area contributed by atoms with E-state index in [1.165, 1.54) is 0 Å². The van der Waals surface area contributed by atoms with Crippen LogP contribution in [0.5, 0.6) is 0 Å². The number of carbonyl (C=O) groups is 1. The summed E-state index contributed by atoms with van der Waals surface area (Å²) in [6.07, 6.45) is 7.39. The van der Waals surface area contributed by atoms with Gasteiger partial charge in [-0.15, -0.1) is 0 Å². The summed E-state index contributed by atoms with van der Waals surface area (Å²) in [5, 5.41) is 3.45. The molecule has 4 N–H and O–H groups in total. The second kappa shape index (κ2) is 8.25. The number of aromatic amines is 1. The van der Waals surface area contributed by atoms with Gasteiger partial charge in [-0.3, -0.25) is 9.20 Å². The minimum Gasteiger partial charge on any atom is -0.382 e. The number of nitrogens with zero attached hydrogens (tertiary/aromatic N) is 5. The monoisotopic (exact) mass is 450 g/mol. The van der Waals surface area contributed by atoms with Crippen LogP contribution in [0.2, 0.25) is 5.15 Å². The number of nitrogens with two attached hydrogens (primary N) is 1. The second-order valence-corrected chi connectivity index (χ2v) is 8.34. The number of carbonyl (C=O) groups excluding carboxylic acids is 1. The van der Waals surface area contributed by atoms with Gasteiger partial charge in [-0.25, -0.2) is 15.0 Å². The van der Waals surface area contributed by atoms with Gasteiger partial charge < -0.3 is 20.9 Å². The van der Waals surface area contributed by atoms with Crippen molar-refractivity contribution >= 4 is 29.0 Å². The van der Waals surface area contributed by atoms with Gasteiger partial charge in [-0.05, 0) is 50.7 Å². The first kappa shape index (κ1) is 20.5. The summed E-state index contributed by atoms with van der Waals surface area (Å²) in [5.74, 6) is -0.256. The Balaban J connectivity index is 1.55. The van der Waals surface area contributed by atoms with Gasteiger partial charge in [-0.1, -0.05) is 11.6 Å². The van der Waals surface area contributed by atoms with Crippen LogP contribution in [-0.2, 0) is 0 Å². The Bertz CT molecular complexity index is 1280. The molecule has 1 fully saturated rings. The standard InChI is InChI=1S/C22H23ClN8O/c1-30-9-3-4-14(30)10-27-22(32)20-21(24)29-19(15-5-2-8-25-15)18(28-20)13-6-7-17-26-11-16(23)31(17)12-13/h2,5-8,11-12,14,25H,3-4,9-10H2,1H3,(H2,24,29)(H,27,32). The smallest absolute Gasteiger partial charge is 0.273 e. The van der Waals surface area contributed by atoms with E-state index in [4.69, 9.17) is 17.3 Å². The number of hydrogen-bond donors (Lipinski definition) is 3. The lowest BCUT2D eigenvalue weighted by atomic mass is 10.1. The number of nitrogen functional groups attached to an aromatic ring is 1. The van der Waals surface area contributed by atoms with Gasteiger partial charge in [0.15, 0.2) is 11.5 Å². The first-order valence-electron chi connectivity index (χ1n) is 10.4. The first-order chi connectivity index (χ1) is 15.5. The van der Waals surface area contributed by atoms with Gasteiger partial charge in [0.2, 0.25) is 0 Å². The van der Waals surface area contributed by atoms with Crippen molar-refractivity contribution in [2.24, 2.45) is 0 Å². The van der Waals surface area contributed by atoms with E-state index in [1.807, 2.05) is 30.5 Å². The van der Waals surface area contributed by atoms with Crippen LogP contribution in [0.1, 0.15) is 23.3 Å². The van der Waals surface area contributed by atoms with E-state index in [0.29, 0.717) is 34.8 Å². The van der Waals surface area contributed by atoms with Crippen molar-refractivity contribution < 1.29 is 4.79 Å². The summed E-state index contributed by atoms with van der Waals surface area (Å²) in [6, 6.07) is 7.78. The number of likely N-dealkylation sites (N-methyl/N-ethyl adjacent to an activating group) is 1. The number of pyridine rings is 1. The number of hydrogen-bond acceptors (Lipinski definition) is 6. The zero-order valence-electron chi connectivity index (χ0n) is 17.5. The third-order valence-corrected chi connectivity index (χ3v) is 6.17. The molecule has 1 aliphatic rings. The molecule has 9 nitrogen and oxygen atoms in total. The van der Waals surface area contributed by atoms with E-state index < -0.39 is 0 Å². The third-order valence-electron chi connectivity index (χ3n) is 5.89. The number of anilines is 1. The lowest BCUT2D eigenvalue weighted by Gasteiger charge is -2.20.